The molecule has 0 bridgehead atoms. The normalized spacial score (nSPS) is 41.6. The summed E-state index contributed by atoms with van der Waals surface area (Å²) in [4.78, 5) is 10.9. The molecule has 0 spiro atoms. The van der Waals surface area contributed by atoms with E-state index in [0.29, 0.717) is 0 Å². The highest BCUT2D eigenvalue weighted by Gasteiger charge is 2.62. The van der Waals surface area contributed by atoms with Crippen molar-refractivity contribution in [2.45, 2.75) is 30.4 Å². The number of hydrogen-bond donors (Lipinski definition) is 6. The van der Waals surface area contributed by atoms with E-state index in [9.17, 15) is 23.4 Å². The van der Waals surface area contributed by atoms with Crippen molar-refractivity contribution in [2.24, 2.45) is 0 Å². The van der Waals surface area contributed by atoms with Crippen molar-refractivity contribution in [2.75, 3.05) is 0 Å². The van der Waals surface area contributed by atoms with Crippen LogP contribution in [0.25, 0.3) is 0 Å². The van der Waals surface area contributed by atoms with Crippen LogP contribution in [0.3, 0.4) is 0 Å². The maximum Gasteiger partial charge on any atom is 0.400 e. The van der Waals surface area contributed by atoms with Gasteiger partial charge < -0.3 is 30.3 Å². The average Bonchev–Trinajstić information content (AvgIpc) is 2.20. The van der Waals surface area contributed by atoms with Crippen molar-refractivity contribution in [3.8, 4) is 0 Å². The minimum absolute atomic E-state index is 2.10. The van der Waals surface area contributed by atoms with Gasteiger partial charge in [-0.2, -0.15) is 12.6 Å². The summed E-state index contributed by atoms with van der Waals surface area (Å²) in [5.74, 6) is -5.73. The second-order valence-corrected chi connectivity index (χ2v) is 4.44. The van der Waals surface area contributed by atoms with Gasteiger partial charge in [-0.3, -0.25) is 4.55 Å². The molecular weight excluding hydrogens is 280 g/mol. The van der Waals surface area contributed by atoms with Crippen LogP contribution in [0.4, 0.5) is 0 Å². The summed E-state index contributed by atoms with van der Waals surface area (Å²) >= 11 is 0. The smallest absolute Gasteiger partial charge is 0.400 e. The topological polar surface area (TPSA) is 191 Å². The van der Waals surface area contributed by atoms with E-state index in [2.05, 4.69) is 8.92 Å². The third-order valence-electron chi connectivity index (χ3n) is 2.18. The van der Waals surface area contributed by atoms with Gasteiger partial charge in [0.1, 0.15) is 18.3 Å². The Morgan fingerprint density at radius 2 is 1.67 bits per heavy atom. The van der Waals surface area contributed by atoms with Crippen molar-refractivity contribution in [1.29, 1.82) is 0 Å². The van der Waals surface area contributed by atoms with Gasteiger partial charge >= 0.3 is 22.2 Å². The first-order valence-corrected chi connectivity index (χ1v) is 5.69. The largest absolute Gasteiger partial charge is 0.477 e. The number of aliphatic carboxylic acids is 1. The number of carbonyl (C=O) groups is 1. The van der Waals surface area contributed by atoms with Crippen LogP contribution in [0.5, 0.6) is 0 Å². The van der Waals surface area contributed by atoms with E-state index in [0.717, 1.165) is 0 Å². The van der Waals surface area contributed by atoms with E-state index in [1.165, 1.54) is 0 Å². The number of carboxylic acids is 1. The fraction of sp³-hybridized carbons (Fsp3) is 0.833. The van der Waals surface area contributed by atoms with Crippen molar-refractivity contribution >= 4 is 16.4 Å². The number of hydrogen-bond acceptors (Lipinski definition) is 9. The number of carboxylic acid groups (broad SMARTS) is 1. The van der Waals surface area contributed by atoms with Crippen LogP contribution in [-0.4, -0.2) is 74.9 Å². The molecule has 1 rings (SSSR count). The van der Waals surface area contributed by atoms with Crippen LogP contribution < -0.4 is 0 Å². The standard InChI is InChI=1S/C6H10O11S/c7-1-2(8)4(10)16-6(3(1)9,5(11)12)17-18(13,14)15/h1-4,7-10H,(H,11,12)(H,13,14,15). The minimum atomic E-state index is -5.39. The van der Waals surface area contributed by atoms with Crippen LogP contribution in [-0.2, 0) is 24.1 Å². The molecule has 1 aliphatic rings. The Kier molecular flexibility index (Phi) is 3.94. The molecule has 0 saturated carbocycles. The van der Waals surface area contributed by atoms with Gasteiger partial charge in [-0.05, 0) is 0 Å². The van der Waals surface area contributed by atoms with Gasteiger partial charge in [0, 0.05) is 0 Å². The zero-order valence-corrected chi connectivity index (χ0v) is 9.26. The van der Waals surface area contributed by atoms with Crippen molar-refractivity contribution in [3.05, 3.63) is 0 Å². The molecule has 0 radical (unpaired) electrons. The number of ether oxygens (including phenoxy) is 1. The Bertz CT molecular complexity index is 431. The molecule has 1 saturated heterocycles. The molecule has 106 valence electrons. The summed E-state index contributed by atoms with van der Waals surface area (Å²) in [6.07, 6.45) is -9.33. The van der Waals surface area contributed by atoms with Gasteiger partial charge in [-0.15, -0.1) is 0 Å². The summed E-state index contributed by atoms with van der Waals surface area (Å²) in [6, 6.07) is 0. The lowest BCUT2D eigenvalue weighted by Crippen LogP contribution is -2.68. The van der Waals surface area contributed by atoms with Gasteiger partial charge in [0.05, 0.1) is 0 Å². The monoisotopic (exact) mass is 290 g/mol. The maximum atomic E-state index is 10.9. The summed E-state index contributed by atoms with van der Waals surface area (Å²) in [6.45, 7) is 0. The molecule has 12 heteroatoms. The molecule has 1 aliphatic heterocycles. The highest BCUT2D eigenvalue weighted by molar-refractivity contribution is 7.81. The predicted molar refractivity (Wildman–Crippen MR) is 48.1 cm³/mol. The molecule has 0 aromatic rings. The van der Waals surface area contributed by atoms with Crippen LogP contribution in [0.1, 0.15) is 0 Å². The van der Waals surface area contributed by atoms with E-state index in [-0.39, 0.29) is 0 Å². The van der Waals surface area contributed by atoms with Crippen LogP contribution in [0, 0.1) is 0 Å². The van der Waals surface area contributed by atoms with E-state index in [4.69, 9.17) is 19.9 Å². The fourth-order valence-electron chi connectivity index (χ4n) is 1.34. The summed E-state index contributed by atoms with van der Waals surface area (Å²) < 4.78 is 37.2. The summed E-state index contributed by atoms with van der Waals surface area (Å²) in [7, 11) is -5.39. The first-order chi connectivity index (χ1) is 8.01. The zero-order valence-electron chi connectivity index (χ0n) is 8.44. The van der Waals surface area contributed by atoms with Gasteiger partial charge in [0.2, 0.25) is 0 Å². The Morgan fingerprint density at radius 1 is 1.17 bits per heavy atom. The molecule has 0 aromatic heterocycles. The van der Waals surface area contributed by atoms with Gasteiger partial charge in [-0.1, -0.05) is 0 Å². The summed E-state index contributed by atoms with van der Waals surface area (Å²) in [5, 5.41) is 45.5. The molecule has 6 N–H and O–H groups in total. The third-order valence-corrected chi connectivity index (χ3v) is 2.64. The SMILES string of the molecule is O=C(O)C1(OS(=O)(=O)O)OC(O)C(O)C(O)C1O. The third kappa shape index (κ3) is 2.60. The maximum absolute atomic E-state index is 10.9. The van der Waals surface area contributed by atoms with Crippen molar-refractivity contribution in [1.82, 2.24) is 0 Å². The molecule has 0 aliphatic carbocycles. The van der Waals surface area contributed by atoms with Crippen LogP contribution in [0.2, 0.25) is 0 Å². The minimum Gasteiger partial charge on any atom is -0.477 e. The van der Waals surface area contributed by atoms with Crippen molar-refractivity contribution in [3.63, 3.8) is 0 Å². The molecule has 0 aromatic carbocycles. The van der Waals surface area contributed by atoms with Crippen LogP contribution in [0.15, 0.2) is 0 Å². The second kappa shape index (κ2) is 4.67. The molecule has 1 heterocycles. The van der Waals surface area contributed by atoms with E-state index in [1.54, 1.807) is 0 Å². The quantitative estimate of drug-likeness (QED) is 0.278. The zero-order chi connectivity index (χ0) is 14.3. The molecule has 5 unspecified atom stereocenters. The van der Waals surface area contributed by atoms with Gasteiger partial charge in [-0.25, -0.2) is 4.79 Å². The molecule has 11 nitrogen and oxygen atoms in total. The van der Waals surface area contributed by atoms with Gasteiger partial charge in [0.25, 0.3) is 0 Å². The first-order valence-electron chi connectivity index (χ1n) is 4.33. The van der Waals surface area contributed by atoms with E-state index >= 15 is 0 Å². The Morgan fingerprint density at radius 3 is 2.06 bits per heavy atom. The summed E-state index contributed by atoms with van der Waals surface area (Å²) in [5.41, 5.74) is 0. The first kappa shape index (κ1) is 15.2. The highest BCUT2D eigenvalue weighted by atomic mass is 32.3. The lowest BCUT2D eigenvalue weighted by molar-refractivity contribution is -0.362. The molecule has 18 heavy (non-hydrogen) atoms. The van der Waals surface area contributed by atoms with E-state index < -0.39 is 46.8 Å². The molecular formula is C6H10O11S. The van der Waals surface area contributed by atoms with E-state index in [1.807, 2.05) is 0 Å². The second-order valence-electron chi connectivity index (χ2n) is 3.42. The Balaban J connectivity index is 3.22. The fourth-order valence-corrected chi connectivity index (χ4v) is 1.86. The van der Waals surface area contributed by atoms with Crippen LogP contribution >= 0.6 is 0 Å². The molecule has 1 fully saturated rings. The highest BCUT2D eigenvalue weighted by Crippen LogP contribution is 2.32. The molecule has 0 amide bonds. The van der Waals surface area contributed by atoms with Crippen molar-refractivity contribution < 1.29 is 52.2 Å². The average molecular weight is 290 g/mol. The lowest BCUT2D eigenvalue weighted by atomic mass is 9.96. The number of aliphatic hydroxyl groups excluding tert-OH is 4. The number of aliphatic hydroxyl groups is 4. The molecule has 5 atom stereocenters. The predicted octanol–water partition coefficient (Wildman–Crippen LogP) is -3.98. The number of rotatable bonds is 3. The Labute approximate surface area is 99.8 Å². The van der Waals surface area contributed by atoms with Gasteiger partial charge in [0.15, 0.2) is 6.29 Å². The Hall–Kier alpha value is -0.860. The lowest BCUT2D eigenvalue weighted by Gasteiger charge is -2.42.